The lowest BCUT2D eigenvalue weighted by molar-refractivity contribution is 0.882. The zero-order chi connectivity index (χ0) is 14.3. The Kier molecular flexibility index (Phi) is 3.63. The van der Waals surface area contributed by atoms with E-state index in [0.29, 0.717) is 10.0 Å². The normalized spacial score (nSPS) is 12.8. The van der Waals surface area contributed by atoms with E-state index in [9.17, 15) is 0 Å². The number of benzene rings is 2. The van der Waals surface area contributed by atoms with E-state index < -0.39 is 0 Å². The Morgan fingerprint density at radius 1 is 1.05 bits per heavy atom. The number of imidazole rings is 1. The molecule has 20 heavy (non-hydrogen) atoms. The SMILES string of the molecule is CC(Cl)c1nc2ccc(Cl)cc2n1-c1cccc(Cl)c1. The van der Waals surface area contributed by atoms with E-state index in [1.165, 1.54) is 0 Å². The Morgan fingerprint density at radius 2 is 1.80 bits per heavy atom. The molecule has 0 aliphatic carbocycles. The summed E-state index contributed by atoms with van der Waals surface area (Å²) >= 11 is 18.4. The van der Waals surface area contributed by atoms with Crippen LogP contribution in [-0.2, 0) is 0 Å². The highest BCUT2D eigenvalue weighted by atomic mass is 35.5. The Balaban J connectivity index is 2.36. The van der Waals surface area contributed by atoms with Crippen LogP contribution in [0.4, 0.5) is 0 Å². The van der Waals surface area contributed by atoms with Gasteiger partial charge >= 0.3 is 0 Å². The molecule has 1 heterocycles. The first-order valence-electron chi connectivity index (χ1n) is 6.14. The summed E-state index contributed by atoms with van der Waals surface area (Å²) in [5.41, 5.74) is 2.70. The van der Waals surface area contributed by atoms with E-state index in [4.69, 9.17) is 34.8 Å². The van der Waals surface area contributed by atoms with Gasteiger partial charge in [0.2, 0.25) is 0 Å². The smallest absolute Gasteiger partial charge is 0.132 e. The molecule has 0 saturated carbocycles. The molecule has 2 nitrogen and oxygen atoms in total. The number of nitrogens with zero attached hydrogens (tertiary/aromatic N) is 2. The maximum atomic E-state index is 6.26. The van der Waals surface area contributed by atoms with Crippen LogP contribution in [0.5, 0.6) is 0 Å². The topological polar surface area (TPSA) is 17.8 Å². The number of hydrogen-bond acceptors (Lipinski definition) is 1. The third-order valence-corrected chi connectivity index (χ3v) is 3.73. The summed E-state index contributed by atoms with van der Waals surface area (Å²) in [5.74, 6) is 0.770. The highest BCUT2D eigenvalue weighted by Gasteiger charge is 2.16. The van der Waals surface area contributed by atoms with Gasteiger partial charge in [-0.05, 0) is 43.3 Å². The van der Waals surface area contributed by atoms with Gasteiger partial charge in [-0.15, -0.1) is 11.6 Å². The van der Waals surface area contributed by atoms with Crippen molar-refractivity contribution in [2.45, 2.75) is 12.3 Å². The highest BCUT2D eigenvalue weighted by Crippen LogP contribution is 2.30. The Morgan fingerprint density at radius 3 is 2.50 bits per heavy atom. The molecule has 2 aromatic carbocycles. The van der Waals surface area contributed by atoms with Crippen LogP contribution in [0.15, 0.2) is 42.5 Å². The van der Waals surface area contributed by atoms with Gasteiger partial charge in [0.25, 0.3) is 0 Å². The number of halogens is 3. The number of fused-ring (bicyclic) bond motifs is 1. The lowest BCUT2D eigenvalue weighted by Crippen LogP contribution is -2.01. The van der Waals surface area contributed by atoms with Gasteiger partial charge in [-0.2, -0.15) is 0 Å². The molecular formula is C15H11Cl3N2. The lowest BCUT2D eigenvalue weighted by Gasteiger charge is -2.11. The average Bonchev–Trinajstić information content (AvgIpc) is 2.77. The van der Waals surface area contributed by atoms with Crippen molar-refractivity contribution in [1.29, 1.82) is 0 Å². The Hall–Kier alpha value is -1.22. The number of alkyl halides is 1. The maximum absolute atomic E-state index is 6.26. The fraction of sp³-hybridized carbons (Fsp3) is 0.133. The first-order chi connectivity index (χ1) is 9.56. The summed E-state index contributed by atoms with van der Waals surface area (Å²) in [6.07, 6.45) is 0. The van der Waals surface area contributed by atoms with Crippen LogP contribution in [0.3, 0.4) is 0 Å². The quantitative estimate of drug-likeness (QED) is 0.558. The van der Waals surface area contributed by atoms with Crippen LogP contribution in [0.25, 0.3) is 16.7 Å². The van der Waals surface area contributed by atoms with Gasteiger partial charge in [-0.25, -0.2) is 4.98 Å². The van der Waals surface area contributed by atoms with Crippen molar-refractivity contribution < 1.29 is 0 Å². The molecule has 1 atom stereocenters. The van der Waals surface area contributed by atoms with Gasteiger partial charge in [0.15, 0.2) is 0 Å². The van der Waals surface area contributed by atoms with Crippen LogP contribution in [-0.4, -0.2) is 9.55 Å². The molecule has 1 unspecified atom stereocenters. The predicted molar refractivity (Wildman–Crippen MR) is 85.4 cm³/mol. The van der Waals surface area contributed by atoms with Crippen molar-refractivity contribution in [3.63, 3.8) is 0 Å². The fourth-order valence-corrected chi connectivity index (χ4v) is 2.72. The average molecular weight is 326 g/mol. The maximum Gasteiger partial charge on any atom is 0.132 e. The zero-order valence-electron chi connectivity index (χ0n) is 10.6. The van der Waals surface area contributed by atoms with Crippen molar-refractivity contribution in [2.24, 2.45) is 0 Å². The molecule has 5 heteroatoms. The molecule has 0 aliphatic rings. The zero-order valence-corrected chi connectivity index (χ0v) is 12.9. The summed E-state index contributed by atoms with van der Waals surface area (Å²) in [7, 11) is 0. The van der Waals surface area contributed by atoms with Crippen molar-refractivity contribution in [3.8, 4) is 5.69 Å². The van der Waals surface area contributed by atoms with Gasteiger partial charge in [0.1, 0.15) is 5.82 Å². The second kappa shape index (κ2) is 5.28. The molecule has 1 aromatic heterocycles. The van der Waals surface area contributed by atoms with Crippen molar-refractivity contribution in [3.05, 3.63) is 58.3 Å². The monoisotopic (exact) mass is 324 g/mol. The molecule has 0 radical (unpaired) electrons. The van der Waals surface area contributed by atoms with E-state index in [1.807, 2.05) is 54.0 Å². The van der Waals surface area contributed by atoms with Crippen LogP contribution in [0.1, 0.15) is 18.1 Å². The molecular weight excluding hydrogens is 315 g/mol. The first kappa shape index (κ1) is 13.7. The number of rotatable bonds is 2. The first-order valence-corrected chi connectivity index (χ1v) is 7.33. The molecule has 0 spiro atoms. The second-order valence-corrected chi connectivity index (χ2v) is 6.06. The van der Waals surface area contributed by atoms with E-state index in [-0.39, 0.29) is 5.38 Å². The second-order valence-electron chi connectivity index (χ2n) is 4.53. The summed E-state index contributed by atoms with van der Waals surface area (Å²) in [6, 6.07) is 13.2. The molecule has 0 fully saturated rings. The van der Waals surface area contributed by atoms with E-state index in [2.05, 4.69) is 4.98 Å². The van der Waals surface area contributed by atoms with Gasteiger partial charge in [-0.3, -0.25) is 4.57 Å². The molecule has 0 aliphatic heterocycles. The third-order valence-electron chi connectivity index (χ3n) is 3.06. The van der Waals surface area contributed by atoms with Crippen LogP contribution >= 0.6 is 34.8 Å². The van der Waals surface area contributed by atoms with Gasteiger partial charge in [0, 0.05) is 15.7 Å². The largest absolute Gasteiger partial charge is 0.295 e. The van der Waals surface area contributed by atoms with Crippen LogP contribution in [0.2, 0.25) is 10.0 Å². The summed E-state index contributed by atoms with van der Waals surface area (Å²) in [5, 5.41) is 1.11. The van der Waals surface area contributed by atoms with Gasteiger partial charge in [0.05, 0.1) is 16.4 Å². The van der Waals surface area contributed by atoms with Crippen molar-refractivity contribution >= 4 is 45.8 Å². The van der Waals surface area contributed by atoms with E-state index >= 15 is 0 Å². The molecule has 0 amide bonds. The van der Waals surface area contributed by atoms with E-state index in [1.54, 1.807) is 0 Å². The minimum Gasteiger partial charge on any atom is -0.295 e. The predicted octanol–water partition coefficient (Wildman–Crippen LogP) is 5.63. The Labute approximate surface area is 131 Å². The van der Waals surface area contributed by atoms with Gasteiger partial charge < -0.3 is 0 Å². The molecule has 0 N–H and O–H groups in total. The standard InChI is InChI=1S/C15H11Cl3N2/c1-9(16)15-19-13-6-5-11(18)8-14(13)20(15)12-4-2-3-10(17)7-12/h2-9H,1H3. The van der Waals surface area contributed by atoms with Crippen LogP contribution < -0.4 is 0 Å². The number of aromatic nitrogens is 2. The molecule has 0 bridgehead atoms. The van der Waals surface area contributed by atoms with Crippen molar-refractivity contribution in [1.82, 2.24) is 9.55 Å². The molecule has 0 saturated heterocycles. The third kappa shape index (κ3) is 2.39. The minimum absolute atomic E-state index is 0.222. The summed E-state index contributed by atoms with van der Waals surface area (Å²) < 4.78 is 1.99. The molecule has 102 valence electrons. The summed E-state index contributed by atoms with van der Waals surface area (Å²) in [6.45, 7) is 1.89. The number of hydrogen-bond donors (Lipinski definition) is 0. The summed E-state index contributed by atoms with van der Waals surface area (Å²) in [4.78, 5) is 4.59. The lowest BCUT2D eigenvalue weighted by atomic mass is 10.2. The minimum atomic E-state index is -0.222. The van der Waals surface area contributed by atoms with E-state index in [0.717, 1.165) is 22.5 Å². The Bertz CT molecular complexity index is 778. The molecule has 3 rings (SSSR count). The van der Waals surface area contributed by atoms with Gasteiger partial charge in [-0.1, -0.05) is 29.3 Å². The molecule has 3 aromatic rings. The fourth-order valence-electron chi connectivity index (χ4n) is 2.22. The van der Waals surface area contributed by atoms with Crippen molar-refractivity contribution in [2.75, 3.05) is 0 Å². The van der Waals surface area contributed by atoms with Crippen LogP contribution in [0, 0.1) is 0 Å². The highest BCUT2D eigenvalue weighted by molar-refractivity contribution is 6.31.